The van der Waals surface area contributed by atoms with Crippen LogP contribution in [0.15, 0.2) is 33.7 Å². The summed E-state index contributed by atoms with van der Waals surface area (Å²) in [5.74, 6) is 0.694. The van der Waals surface area contributed by atoms with Crippen LogP contribution >= 0.6 is 0 Å². The lowest BCUT2D eigenvalue weighted by Crippen LogP contribution is -2.45. The number of aryl methyl sites for hydroxylation is 1. The van der Waals surface area contributed by atoms with Crippen LogP contribution in [-0.2, 0) is 9.84 Å². The molecule has 1 amide bonds. The number of carbonyl (C=O) groups is 1. The van der Waals surface area contributed by atoms with Gasteiger partial charge in [0.2, 0.25) is 0 Å². The van der Waals surface area contributed by atoms with Crippen LogP contribution in [0.2, 0.25) is 0 Å². The number of nitrogens with one attached hydrogen (secondary N) is 1. The third-order valence-corrected chi connectivity index (χ3v) is 7.16. The van der Waals surface area contributed by atoms with Crippen molar-refractivity contribution in [1.29, 1.82) is 0 Å². The average Bonchev–Trinajstić information content (AvgIpc) is 3.10. The molecule has 0 radical (unpaired) electrons. The zero-order chi connectivity index (χ0) is 21.2. The van der Waals surface area contributed by atoms with E-state index in [1.807, 2.05) is 26.0 Å². The number of nitrogens with zero attached hydrogens (tertiary/aromatic N) is 2. The number of anilines is 1. The lowest BCUT2D eigenvalue weighted by Gasteiger charge is -2.34. The molecule has 0 unspecified atom stereocenters. The van der Waals surface area contributed by atoms with E-state index < -0.39 is 9.84 Å². The highest BCUT2D eigenvalue weighted by molar-refractivity contribution is 7.91. The predicted molar refractivity (Wildman–Crippen MR) is 112 cm³/mol. The zero-order valence-corrected chi connectivity index (χ0v) is 18.3. The fourth-order valence-corrected chi connectivity index (χ4v) is 4.51. The standard InChI is InChI=1S/C21H29N3O4S/c1-5-29(26,27)18-8-6-17(7-9-18)24-12-10-16(11-13-24)22-21(25)19-15(4)23-28-20(19)14(2)3/h6-9,14,16H,5,10-13H2,1-4H3,(H,22,25). The SMILES string of the molecule is CCS(=O)(=O)c1ccc(N2CCC(NC(=O)c3c(C)noc3C(C)C)CC2)cc1. The van der Waals surface area contributed by atoms with Crippen molar-refractivity contribution >= 4 is 21.4 Å². The monoisotopic (exact) mass is 419 g/mol. The highest BCUT2D eigenvalue weighted by Crippen LogP contribution is 2.25. The summed E-state index contributed by atoms with van der Waals surface area (Å²) in [6, 6.07) is 7.15. The van der Waals surface area contributed by atoms with Gasteiger partial charge in [-0.2, -0.15) is 0 Å². The first-order valence-corrected chi connectivity index (χ1v) is 11.7. The topological polar surface area (TPSA) is 92.5 Å². The van der Waals surface area contributed by atoms with Gasteiger partial charge >= 0.3 is 0 Å². The third kappa shape index (κ3) is 4.63. The molecule has 1 fully saturated rings. The quantitative estimate of drug-likeness (QED) is 0.772. The number of sulfone groups is 1. The highest BCUT2D eigenvalue weighted by atomic mass is 32.2. The molecule has 2 aromatic rings. The summed E-state index contributed by atoms with van der Waals surface area (Å²) in [4.78, 5) is 15.3. The van der Waals surface area contributed by atoms with Gasteiger partial charge in [-0.15, -0.1) is 0 Å². The molecule has 1 aromatic carbocycles. The van der Waals surface area contributed by atoms with Gasteiger partial charge in [0.25, 0.3) is 5.91 Å². The minimum absolute atomic E-state index is 0.0906. The van der Waals surface area contributed by atoms with Crippen LogP contribution in [0.5, 0.6) is 0 Å². The molecule has 1 saturated heterocycles. The van der Waals surface area contributed by atoms with E-state index in [1.165, 1.54) is 0 Å². The fourth-order valence-electron chi connectivity index (χ4n) is 3.63. The Kier molecular flexibility index (Phi) is 6.31. The van der Waals surface area contributed by atoms with Crippen molar-refractivity contribution in [2.75, 3.05) is 23.7 Å². The van der Waals surface area contributed by atoms with Crippen LogP contribution in [-0.4, -0.2) is 44.4 Å². The molecule has 158 valence electrons. The minimum Gasteiger partial charge on any atom is -0.371 e. The van der Waals surface area contributed by atoms with E-state index in [1.54, 1.807) is 26.0 Å². The first kappa shape index (κ1) is 21.4. The second-order valence-electron chi connectivity index (χ2n) is 7.79. The van der Waals surface area contributed by atoms with E-state index in [2.05, 4.69) is 15.4 Å². The van der Waals surface area contributed by atoms with Gasteiger partial charge in [0.15, 0.2) is 15.6 Å². The van der Waals surface area contributed by atoms with Crippen LogP contribution < -0.4 is 10.2 Å². The zero-order valence-electron chi connectivity index (χ0n) is 17.4. The van der Waals surface area contributed by atoms with Crippen molar-refractivity contribution in [3.63, 3.8) is 0 Å². The molecule has 2 heterocycles. The van der Waals surface area contributed by atoms with E-state index in [4.69, 9.17) is 4.52 Å². The van der Waals surface area contributed by atoms with Crippen molar-refractivity contribution in [2.45, 2.75) is 57.4 Å². The van der Waals surface area contributed by atoms with Crippen LogP contribution in [0.25, 0.3) is 0 Å². The van der Waals surface area contributed by atoms with Crippen LogP contribution in [0.3, 0.4) is 0 Å². The lowest BCUT2D eigenvalue weighted by molar-refractivity contribution is 0.0928. The molecular formula is C21H29N3O4S. The van der Waals surface area contributed by atoms with Crippen LogP contribution in [0, 0.1) is 6.92 Å². The predicted octanol–water partition coefficient (Wildman–Crippen LogP) is 3.30. The molecule has 0 saturated carbocycles. The van der Waals surface area contributed by atoms with Crippen LogP contribution in [0.1, 0.15) is 61.3 Å². The molecule has 1 aliphatic heterocycles. The number of carbonyl (C=O) groups excluding carboxylic acids is 1. The van der Waals surface area contributed by atoms with Gasteiger partial charge < -0.3 is 14.7 Å². The Bertz CT molecular complexity index is 956. The van der Waals surface area contributed by atoms with Gasteiger partial charge in [0.05, 0.1) is 16.3 Å². The molecule has 7 nitrogen and oxygen atoms in total. The Morgan fingerprint density at radius 2 is 1.86 bits per heavy atom. The van der Waals surface area contributed by atoms with Gasteiger partial charge in [-0.25, -0.2) is 8.42 Å². The summed E-state index contributed by atoms with van der Waals surface area (Å²) in [6.45, 7) is 8.98. The molecule has 3 rings (SSSR count). The van der Waals surface area contributed by atoms with Gasteiger partial charge in [0.1, 0.15) is 5.56 Å². The summed E-state index contributed by atoms with van der Waals surface area (Å²) in [6.07, 6.45) is 1.64. The number of piperidine rings is 1. The second-order valence-corrected chi connectivity index (χ2v) is 10.1. The van der Waals surface area contributed by atoms with Gasteiger partial charge in [0, 0.05) is 30.7 Å². The molecular weight excluding hydrogens is 390 g/mol. The first-order chi connectivity index (χ1) is 13.7. The maximum absolute atomic E-state index is 12.7. The van der Waals surface area contributed by atoms with Crippen molar-refractivity contribution < 1.29 is 17.7 Å². The van der Waals surface area contributed by atoms with E-state index in [-0.39, 0.29) is 23.6 Å². The molecule has 1 N–H and O–H groups in total. The smallest absolute Gasteiger partial charge is 0.257 e. The molecule has 1 aromatic heterocycles. The summed E-state index contributed by atoms with van der Waals surface area (Å²) in [5, 5.41) is 7.07. The van der Waals surface area contributed by atoms with Crippen molar-refractivity contribution in [2.24, 2.45) is 0 Å². The highest BCUT2D eigenvalue weighted by Gasteiger charge is 2.26. The van der Waals surface area contributed by atoms with Gasteiger partial charge in [-0.1, -0.05) is 25.9 Å². The maximum atomic E-state index is 12.7. The summed E-state index contributed by atoms with van der Waals surface area (Å²) in [7, 11) is -3.18. The Hall–Kier alpha value is -2.35. The number of rotatable bonds is 6. The third-order valence-electron chi connectivity index (χ3n) is 5.41. The van der Waals surface area contributed by atoms with E-state index in [0.29, 0.717) is 21.9 Å². The lowest BCUT2D eigenvalue weighted by atomic mass is 10.0. The molecule has 0 atom stereocenters. The van der Waals surface area contributed by atoms with Crippen LogP contribution in [0.4, 0.5) is 5.69 Å². The normalized spacial score (nSPS) is 15.7. The molecule has 29 heavy (non-hydrogen) atoms. The molecule has 0 bridgehead atoms. The summed E-state index contributed by atoms with van der Waals surface area (Å²) in [5.41, 5.74) is 2.17. The first-order valence-electron chi connectivity index (χ1n) is 10.1. The van der Waals surface area contributed by atoms with Gasteiger partial charge in [-0.05, 0) is 44.0 Å². The molecule has 0 aliphatic carbocycles. The van der Waals surface area contributed by atoms with E-state index >= 15 is 0 Å². The molecule has 0 spiro atoms. The maximum Gasteiger partial charge on any atom is 0.257 e. The molecule has 8 heteroatoms. The van der Waals surface area contributed by atoms with Crippen molar-refractivity contribution in [3.8, 4) is 0 Å². The Morgan fingerprint density at radius 1 is 1.24 bits per heavy atom. The number of aromatic nitrogens is 1. The summed E-state index contributed by atoms with van der Waals surface area (Å²) < 4.78 is 29.2. The second kappa shape index (κ2) is 8.57. The number of hydrogen-bond donors (Lipinski definition) is 1. The van der Waals surface area contributed by atoms with Crippen molar-refractivity contribution in [1.82, 2.24) is 10.5 Å². The fraction of sp³-hybridized carbons (Fsp3) is 0.524. The Balaban J connectivity index is 1.60. The van der Waals surface area contributed by atoms with Gasteiger partial charge in [-0.3, -0.25) is 4.79 Å². The molecule has 1 aliphatic rings. The average molecular weight is 420 g/mol. The van der Waals surface area contributed by atoms with Crippen molar-refractivity contribution in [3.05, 3.63) is 41.3 Å². The Labute approximate surface area is 172 Å². The Morgan fingerprint density at radius 3 is 2.41 bits per heavy atom. The number of hydrogen-bond acceptors (Lipinski definition) is 6. The number of benzene rings is 1. The largest absolute Gasteiger partial charge is 0.371 e. The number of amides is 1. The summed E-state index contributed by atoms with van der Waals surface area (Å²) >= 11 is 0. The van der Waals surface area contributed by atoms with E-state index in [0.717, 1.165) is 31.6 Å². The minimum atomic E-state index is -3.18. The van der Waals surface area contributed by atoms with E-state index in [9.17, 15) is 13.2 Å².